The van der Waals surface area contributed by atoms with Crippen molar-refractivity contribution in [2.24, 2.45) is 17.6 Å². The molecule has 1 saturated heterocycles. The number of hydrogen-bond donors (Lipinski definition) is 1. The first-order valence-electron chi connectivity index (χ1n) is 5.27. The maximum absolute atomic E-state index is 5.96. The van der Waals surface area contributed by atoms with Crippen LogP contribution in [-0.2, 0) is 0 Å². The highest BCUT2D eigenvalue weighted by atomic mass is 15.1. The zero-order valence-electron chi connectivity index (χ0n) is 8.00. The summed E-state index contributed by atoms with van der Waals surface area (Å²) in [4.78, 5) is 2.58. The predicted octanol–water partition coefficient (Wildman–Crippen LogP) is 1.07. The predicted molar refractivity (Wildman–Crippen MR) is 50.9 cm³/mol. The second-order valence-electron chi connectivity index (χ2n) is 4.45. The van der Waals surface area contributed by atoms with E-state index in [0.717, 1.165) is 11.8 Å². The topological polar surface area (TPSA) is 29.3 Å². The minimum absolute atomic E-state index is 0.503. The Morgan fingerprint density at radius 1 is 1.25 bits per heavy atom. The summed E-state index contributed by atoms with van der Waals surface area (Å²) in [5.74, 6) is 1.90. The quantitative estimate of drug-likeness (QED) is 0.634. The standard InChI is InChI=1S/C10H20N2/c1-2-12-6-8-3-4-10(11)5-9(8)7-12/h8-10H,2-7,11H2,1H3/t8-,9?,10-/m1/s1. The van der Waals surface area contributed by atoms with E-state index in [2.05, 4.69) is 11.8 Å². The fourth-order valence-electron chi connectivity index (χ4n) is 2.82. The van der Waals surface area contributed by atoms with Crippen LogP contribution in [0.25, 0.3) is 0 Å². The molecule has 2 aliphatic rings. The van der Waals surface area contributed by atoms with Crippen molar-refractivity contribution in [3.05, 3.63) is 0 Å². The van der Waals surface area contributed by atoms with Crippen LogP contribution < -0.4 is 5.73 Å². The highest BCUT2D eigenvalue weighted by molar-refractivity contribution is 4.90. The van der Waals surface area contributed by atoms with E-state index < -0.39 is 0 Å². The molecule has 70 valence electrons. The Hall–Kier alpha value is -0.0800. The molecule has 0 bridgehead atoms. The van der Waals surface area contributed by atoms with Gasteiger partial charge in [0, 0.05) is 19.1 Å². The molecule has 0 spiro atoms. The van der Waals surface area contributed by atoms with Gasteiger partial charge >= 0.3 is 0 Å². The monoisotopic (exact) mass is 168 g/mol. The lowest BCUT2D eigenvalue weighted by Crippen LogP contribution is -2.32. The Bertz CT molecular complexity index is 158. The molecule has 0 aromatic rings. The minimum atomic E-state index is 0.503. The Balaban J connectivity index is 1.93. The van der Waals surface area contributed by atoms with E-state index in [9.17, 15) is 0 Å². The molecule has 3 atom stereocenters. The summed E-state index contributed by atoms with van der Waals surface area (Å²) in [6.45, 7) is 6.14. The van der Waals surface area contributed by atoms with Crippen molar-refractivity contribution in [2.75, 3.05) is 19.6 Å². The van der Waals surface area contributed by atoms with Crippen LogP contribution in [0.4, 0.5) is 0 Å². The molecule has 0 amide bonds. The van der Waals surface area contributed by atoms with Crippen molar-refractivity contribution in [3.63, 3.8) is 0 Å². The van der Waals surface area contributed by atoms with Crippen molar-refractivity contribution in [1.29, 1.82) is 0 Å². The van der Waals surface area contributed by atoms with Gasteiger partial charge in [-0.2, -0.15) is 0 Å². The third-order valence-corrected chi connectivity index (χ3v) is 3.61. The summed E-state index contributed by atoms with van der Waals surface area (Å²) in [7, 11) is 0. The molecule has 12 heavy (non-hydrogen) atoms. The van der Waals surface area contributed by atoms with Crippen LogP contribution in [0.2, 0.25) is 0 Å². The van der Waals surface area contributed by atoms with Crippen molar-refractivity contribution >= 4 is 0 Å². The van der Waals surface area contributed by atoms with Gasteiger partial charge in [0.25, 0.3) is 0 Å². The average Bonchev–Trinajstić information content (AvgIpc) is 2.46. The highest BCUT2D eigenvalue weighted by Crippen LogP contribution is 2.35. The zero-order chi connectivity index (χ0) is 8.55. The lowest BCUT2D eigenvalue weighted by molar-refractivity contribution is 0.271. The summed E-state index contributed by atoms with van der Waals surface area (Å²) in [5, 5.41) is 0. The number of likely N-dealkylation sites (tertiary alicyclic amines) is 1. The van der Waals surface area contributed by atoms with Crippen LogP contribution in [0.5, 0.6) is 0 Å². The van der Waals surface area contributed by atoms with Crippen LogP contribution in [-0.4, -0.2) is 30.6 Å². The van der Waals surface area contributed by atoms with E-state index in [-0.39, 0.29) is 0 Å². The van der Waals surface area contributed by atoms with Gasteiger partial charge in [-0.3, -0.25) is 0 Å². The SMILES string of the molecule is CCN1CC2C[C@H](N)CC[C@@H]2C1. The molecule has 0 radical (unpaired) electrons. The van der Waals surface area contributed by atoms with E-state index in [1.807, 2.05) is 0 Å². The molecule has 0 aromatic heterocycles. The van der Waals surface area contributed by atoms with Crippen LogP contribution in [0.1, 0.15) is 26.2 Å². The molecular formula is C10H20N2. The number of nitrogens with zero attached hydrogens (tertiary/aromatic N) is 1. The Labute approximate surface area is 75.1 Å². The fraction of sp³-hybridized carbons (Fsp3) is 1.00. The molecule has 1 aliphatic heterocycles. The lowest BCUT2D eigenvalue weighted by atomic mass is 9.79. The molecular weight excluding hydrogens is 148 g/mol. The molecule has 2 nitrogen and oxygen atoms in total. The highest BCUT2D eigenvalue weighted by Gasteiger charge is 2.35. The Kier molecular flexibility index (Phi) is 2.37. The molecule has 2 N–H and O–H groups in total. The summed E-state index contributed by atoms with van der Waals surface area (Å²) in [5.41, 5.74) is 5.96. The molecule has 1 heterocycles. The van der Waals surface area contributed by atoms with Gasteiger partial charge < -0.3 is 10.6 Å². The van der Waals surface area contributed by atoms with Crippen LogP contribution in [0.3, 0.4) is 0 Å². The van der Waals surface area contributed by atoms with Gasteiger partial charge in [0.1, 0.15) is 0 Å². The van der Waals surface area contributed by atoms with Crippen molar-refractivity contribution < 1.29 is 0 Å². The summed E-state index contributed by atoms with van der Waals surface area (Å²) >= 11 is 0. The van der Waals surface area contributed by atoms with Crippen molar-refractivity contribution in [2.45, 2.75) is 32.2 Å². The maximum Gasteiger partial charge on any atom is 0.00421 e. The van der Waals surface area contributed by atoms with Crippen molar-refractivity contribution in [3.8, 4) is 0 Å². The average molecular weight is 168 g/mol. The van der Waals surface area contributed by atoms with E-state index in [0.29, 0.717) is 6.04 Å². The molecule has 2 rings (SSSR count). The first-order chi connectivity index (χ1) is 5.79. The number of hydrogen-bond acceptors (Lipinski definition) is 2. The summed E-state index contributed by atoms with van der Waals surface area (Å²) in [6.07, 6.45) is 3.92. The van der Waals surface area contributed by atoms with Crippen LogP contribution in [0.15, 0.2) is 0 Å². The first kappa shape index (κ1) is 8.52. The van der Waals surface area contributed by atoms with Gasteiger partial charge in [0.15, 0.2) is 0 Å². The molecule has 1 saturated carbocycles. The molecule has 0 aromatic carbocycles. The maximum atomic E-state index is 5.96. The third-order valence-electron chi connectivity index (χ3n) is 3.61. The largest absolute Gasteiger partial charge is 0.328 e. The van der Waals surface area contributed by atoms with Gasteiger partial charge in [-0.15, -0.1) is 0 Å². The van der Waals surface area contributed by atoms with E-state index in [1.165, 1.54) is 38.9 Å². The number of nitrogens with two attached hydrogens (primary N) is 1. The Morgan fingerprint density at radius 3 is 2.75 bits per heavy atom. The van der Waals surface area contributed by atoms with Crippen LogP contribution in [0, 0.1) is 11.8 Å². The molecule has 1 unspecified atom stereocenters. The number of rotatable bonds is 1. The van der Waals surface area contributed by atoms with E-state index >= 15 is 0 Å². The van der Waals surface area contributed by atoms with Crippen LogP contribution >= 0.6 is 0 Å². The normalized spacial score (nSPS) is 43.0. The smallest absolute Gasteiger partial charge is 0.00421 e. The molecule has 1 aliphatic carbocycles. The van der Waals surface area contributed by atoms with E-state index in [4.69, 9.17) is 5.73 Å². The lowest BCUT2D eigenvalue weighted by Gasteiger charge is -2.28. The number of fused-ring (bicyclic) bond motifs is 1. The minimum Gasteiger partial charge on any atom is -0.328 e. The van der Waals surface area contributed by atoms with Gasteiger partial charge in [0.05, 0.1) is 0 Å². The Morgan fingerprint density at radius 2 is 2.00 bits per heavy atom. The third kappa shape index (κ3) is 1.50. The summed E-state index contributed by atoms with van der Waals surface area (Å²) in [6, 6.07) is 0.503. The second kappa shape index (κ2) is 3.35. The fourth-order valence-corrected chi connectivity index (χ4v) is 2.82. The molecule has 2 heteroatoms. The van der Waals surface area contributed by atoms with Gasteiger partial charge in [-0.1, -0.05) is 6.92 Å². The van der Waals surface area contributed by atoms with E-state index in [1.54, 1.807) is 0 Å². The molecule has 2 fully saturated rings. The first-order valence-corrected chi connectivity index (χ1v) is 5.27. The zero-order valence-corrected chi connectivity index (χ0v) is 8.00. The van der Waals surface area contributed by atoms with Gasteiger partial charge in [-0.25, -0.2) is 0 Å². The summed E-state index contributed by atoms with van der Waals surface area (Å²) < 4.78 is 0. The van der Waals surface area contributed by atoms with Crippen molar-refractivity contribution in [1.82, 2.24) is 4.90 Å². The second-order valence-corrected chi connectivity index (χ2v) is 4.45. The van der Waals surface area contributed by atoms with Gasteiger partial charge in [0.2, 0.25) is 0 Å². The van der Waals surface area contributed by atoms with Gasteiger partial charge in [-0.05, 0) is 37.6 Å².